The Morgan fingerprint density at radius 3 is 2.56 bits per heavy atom. The molecule has 0 aliphatic heterocycles. The highest BCUT2D eigenvalue weighted by Crippen LogP contribution is 2.29. The number of nitrogens with one attached hydrogen (secondary N) is 1. The van der Waals surface area contributed by atoms with Crippen LogP contribution in [0.4, 0.5) is 11.4 Å². The van der Waals surface area contributed by atoms with Crippen molar-refractivity contribution in [2.24, 2.45) is 0 Å². The number of hydrogen-bond donors (Lipinski definition) is 1. The van der Waals surface area contributed by atoms with Crippen LogP contribution in [0.5, 0.6) is 5.75 Å². The molecule has 0 saturated carbocycles. The summed E-state index contributed by atoms with van der Waals surface area (Å²) in [6.07, 6.45) is 0. The van der Waals surface area contributed by atoms with Crippen molar-refractivity contribution in [2.45, 2.75) is 19.4 Å². The van der Waals surface area contributed by atoms with Gasteiger partial charge in [-0.05, 0) is 19.9 Å². The highest BCUT2D eigenvalue weighted by molar-refractivity contribution is 5.58. The van der Waals surface area contributed by atoms with Crippen molar-refractivity contribution in [1.82, 2.24) is 0 Å². The predicted molar refractivity (Wildman–Crippen MR) is 69.2 cm³/mol. The highest BCUT2D eigenvalue weighted by Gasteiger charge is 2.18. The van der Waals surface area contributed by atoms with Crippen molar-refractivity contribution in [3.8, 4) is 5.75 Å². The molecule has 0 saturated heterocycles. The number of nitro benzene ring substituents is 1. The molecule has 18 heavy (non-hydrogen) atoms. The van der Waals surface area contributed by atoms with Crippen LogP contribution in [-0.2, 0) is 4.74 Å². The lowest BCUT2D eigenvalue weighted by Crippen LogP contribution is -2.32. The zero-order chi connectivity index (χ0) is 13.8. The average molecular weight is 254 g/mol. The number of methoxy groups -OCH3 is 2. The molecule has 1 aromatic rings. The van der Waals surface area contributed by atoms with Crippen LogP contribution in [0.1, 0.15) is 13.8 Å². The van der Waals surface area contributed by atoms with Gasteiger partial charge >= 0.3 is 5.69 Å². The van der Waals surface area contributed by atoms with Crippen molar-refractivity contribution >= 4 is 11.4 Å². The van der Waals surface area contributed by atoms with E-state index in [9.17, 15) is 10.1 Å². The van der Waals surface area contributed by atoms with E-state index in [4.69, 9.17) is 9.47 Å². The third kappa shape index (κ3) is 3.59. The van der Waals surface area contributed by atoms with E-state index in [1.165, 1.54) is 13.2 Å². The summed E-state index contributed by atoms with van der Waals surface area (Å²) in [4.78, 5) is 10.3. The van der Waals surface area contributed by atoms with Crippen molar-refractivity contribution in [2.75, 3.05) is 26.1 Å². The fourth-order valence-electron chi connectivity index (χ4n) is 1.33. The second-order valence-electron chi connectivity index (χ2n) is 4.46. The minimum Gasteiger partial charge on any atom is -0.490 e. The van der Waals surface area contributed by atoms with E-state index >= 15 is 0 Å². The maximum absolute atomic E-state index is 10.7. The molecule has 0 aliphatic rings. The van der Waals surface area contributed by atoms with Crippen LogP contribution in [0.2, 0.25) is 0 Å². The average Bonchev–Trinajstić information content (AvgIpc) is 2.36. The van der Waals surface area contributed by atoms with Gasteiger partial charge in [-0.2, -0.15) is 0 Å². The number of anilines is 1. The fourth-order valence-corrected chi connectivity index (χ4v) is 1.33. The van der Waals surface area contributed by atoms with Gasteiger partial charge in [0.25, 0.3) is 0 Å². The summed E-state index contributed by atoms with van der Waals surface area (Å²) in [6.45, 7) is 4.48. The third-order valence-corrected chi connectivity index (χ3v) is 2.65. The Morgan fingerprint density at radius 1 is 1.39 bits per heavy atom. The number of nitro groups is 1. The lowest BCUT2D eigenvalue weighted by Gasteiger charge is -2.23. The summed E-state index contributed by atoms with van der Waals surface area (Å²) in [6, 6.07) is 4.66. The van der Waals surface area contributed by atoms with Gasteiger partial charge in [0.15, 0.2) is 5.75 Å². The standard InChI is InChI=1S/C12H18N2O4/c1-12(2,18-4)8-13-9-5-6-10(14(15)16)11(7-9)17-3/h5-7,13H,8H2,1-4H3. The van der Waals surface area contributed by atoms with E-state index < -0.39 is 4.92 Å². The molecule has 0 fully saturated rings. The van der Waals surface area contributed by atoms with Gasteiger partial charge in [-0.3, -0.25) is 10.1 Å². The van der Waals surface area contributed by atoms with Gasteiger partial charge < -0.3 is 14.8 Å². The molecule has 1 aromatic carbocycles. The number of hydrogen-bond acceptors (Lipinski definition) is 5. The molecule has 1 N–H and O–H groups in total. The summed E-state index contributed by atoms with van der Waals surface area (Å²) < 4.78 is 10.3. The topological polar surface area (TPSA) is 73.6 Å². The van der Waals surface area contributed by atoms with Crippen LogP contribution in [0, 0.1) is 10.1 Å². The molecule has 100 valence electrons. The molecular weight excluding hydrogens is 236 g/mol. The van der Waals surface area contributed by atoms with Gasteiger partial charge in [0.1, 0.15) is 0 Å². The van der Waals surface area contributed by atoms with E-state index in [1.807, 2.05) is 13.8 Å². The van der Waals surface area contributed by atoms with E-state index in [1.54, 1.807) is 19.2 Å². The molecule has 0 aliphatic carbocycles. The van der Waals surface area contributed by atoms with Gasteiger partial charge in [0, 0.05) is 31.5 Å². The Bertz CT molecular complexity index is 432. The minimum atomic E-state index is -0.471. The molecule has 0 bridgehead atoms. The maximum atomic E-state index is 10.7. The Morgan fingerprint density at radius 2 is 2.06 bits per heavy atom. The van der Waals surface area contributed by atoms with Gasteiger partial charge in [-0.25, -0.2) is 0 Å². The van der Waals surface area contributed by atoms with Crippen molar-refractivity contribution < 1.29 is 14.4 Å². The largest absolute Gasteiger partial charge is 0.490 e. The van der Waals surface area contributed by atoms with Crippen molar-refractivity contribution in [3.05, 3.63) is 28.3 Å². The maximum Gasteiger partial charge on any atom is 0.311 e. The van der Waals surface area contributed by atoms with Gasteiger partial charge in [-0.1, -0.05) is 0 Å². The predicted octanol–water partition coefficient (Wildman–Crippen LogP) is 2.44. The molecule has 0 radical (unpaired) electrons. The first-order valence-electron chi connectivity index (χ1n) is 5.51. The lowest BCUT2D eigenvalue weighted by molar-refractivity contribution is -0.385. The first-order chi connectivity index (χ1) is 8.39. The number of rotatable bonds is 6. The van der Waals surface area contributed by atoms with E-state index in [0.29, 0.717) is 6.54 Å². The van der Waals surface area contributed by atoms with Crippen LogP contribution in [0.25, 0.3) is 0 Å². The monoisotopic (exact) mass is 254 g/mol. The highest BCUT2D eigenvalue weighted by atomic mass is 16.6. The summed E-state index contributed by atoms with van der Waals surface area (Å²) in [5.41, 5.74) is 0.395. The molecule has 0 heterocycles. The molecule has 6 nitrogen and oxygen atoms in total. The third-order valence-electron chi connectivity index (χ3n) is 2.65. The van der Waals surface area contributed by atoms with Crippen LogP contribution in [0.3, 0.4) is 0 Å². The molecule has 0 atom stereocenters. The Kier molecular flexibility index (Phi) is 4.49. The fraction of sp³-hybridized carbons (Fsp3) is 0.500. The van der Waals surface area contributed by atoms with Crippen LogP contribution in [0.15, 0.2) is 18.2 Å². The molecule has 0 spiro atoms. The van der Waals surface area contributed by atoms with E-state index in [-0.39, 0.29) is 17.0 Å². The Balaban J connectivity index is 2.83. The second kappa shape index (κ2) is 5.68. The number of ether oxygens (including phenoxy) is 2. The molecule has 0 amide bonds. The van der Waals surface area contributed by atoms with Crippen molar-refractivity contribution in [3.63, 3.8) is 0 Å². The SMILES string of the molecule is COc1cc(NCC(C)(C)OC)ccc1[N+](=O)[O-]. The zero-order valence-corrected chi connectivity index (χ0v) is 11.0. The van der Waals surface area contributed by atoms with Gasteiger partial charge in [-0.15, -0.1) is 0 Å². The summed E-state index contributed by atoms with van der Waals surface area (Å²) in [5.74, 6) is 0.236. The second-order valence-corrected chi connectivity index (χ2v) is 4.46. The first kappa shape index (κ1) is 14.2. The molecular formula is C12H18N2O4. The first-order valence-corrected chi connectivity index (χ1v) is 5.51. The van der Waals surface area contributed by atoms with Crippen molar-refractivity contribution in [1.29, 1.82) is 0 Å². The smallest absolute Gasteiger partial charge is 0.311 e. The lowest BCUT2D eigenvalue weighted by atomic mass is 10.1. The number of benzene rings is 1. The van der Waals surface area contributed by atoms with Crippen LogP contribution < -0.4 is 10.1 Å². The summed E-state index contributed by atoms with van der Waals surface area (Å²) in [5, 5.41) is 13.9. The normalized spacial score (nSPS) is 11.1. The van der Waals surface area contributed by atoms with Crippen LogP contribution in [-0.4, -0.2) is 31.3 Å². The Hall–Kier alpha value is -1.82. The van der Waals surface area contributed by atoms with Gasteiger partial charge in [0.2, 0.25) is 0 Å². The number of nitrogens with zero attached hydrogens (tertiary/aromatic N) is 1. The van der Waals surface area contributed by atoms with Gasteiger partial charge in [0.05, 0.1) is 17.6 Å². The quantitative estimate of drug-likeness (QED) is 0.623. The van der Waals surface area contributed by atoms with E-state index in [0.717, 1.165) is 5.69 Å². The van der Waals surface area contributed by atoms with Crippen LogP contribution >= 0.6 is 0 Å². The molecule has 1 rings (SSSR count). The molecule has 0 unspecified atom stereocenters. The molecule has 6 heteroatoms. The molecule has 0 aromatic heterocycles. The zero-order valence-electron chi connectivity index (χ0n) is 11.0. The van der Waals surface area contributed by atoms with E-state index in [2.05, 4.69) is 5.32 Å². The Labute approximate surface area is 106 Å². The minimum absolute atomic E-state index is 0.0472. The summed E-state index contributed by atoms with van der Waals surface area (Å²) >= 11 is 0. The summed E-state index contributed by atoms with van der Waals surface area (Å²) in [7, 11) is 3.04.